The highest BCUT2D eigenvalue weighted by atomic mass is 35.5. The number of aliphatic hydroxyl groups is 1. The largest absolute Gasteiger partial charge is 0.392 e. The molecular formula is C16H21ClFN3O2. The van der Waals surface area contributed by atoms with Crippen molar-refractivity contribution < 1.29 is 14.3 Å². The molecule has 0 aliphatic carbocycles. The van der Waals surface area contributed by atoms with Gasteiger partial charge in [0.25, 0.3) is 0 Å². The fourth-order valence-electron chi connectivity index (χ4n) is 3.16. The average Bonchev–Trinajstić information content (AvgIpc) is 2.97. The molecule has 1 amide bonds. The number of β-amino-alcohol motifs (C(OH)–C–C–N with tert-alkyl or cyclic N) is 1. The molecule has 3 rings (SSSR count). The SMILES string of the molecule is O=C(C1CC(O)CN1)N1CCN(Cc2c(F)cccc2Cl)CC1. The van der Waals surface area contributed by atoms with E-state index in [0.29, 0.717) is 56.3 Å². The summed E-state index contributed by atoms with van der Waals surface area (Å²) in [5, 5.41) is 13.0. The summed E-state index contributed by atoms with van der Waals surface area (Å²) in [5.41, 5.74) is 0.509. The maximum absolute atomic E-state index is 13.8. The minimum atomic E-state index is -0.437. The predicted molar refractivity (Wildman–Crippen MR) is 85.7 cm³/mol. The Hall–Kier alpha value is -1.21. The van der Waals surface area contributed by atoms with Crippen molar-refractivity contribution in [2.75, 3.05) is 32.7 Å². The number of halogens is 2. The molecule has 126 valence electrons. The van der Waals surface area contributed by atoms with E-state index in [1.54, 1.807) is 12.1 Å². The van der Waals surface area contributed by atoms with E-state index in [9.17, 15) is 14.3 Å². The number of carbonyl (C=O) groups is 1. The topological polar surface area (TPSA) is 55.8 Å². The summed E-state index contributed by atoms with van der Waals surface area (Å²) in [5.74, 6) is -0.245. The van der Waals surface area contributed by atoms with Gasteiger partial charge in [0.1, 0.15) is 5.82 Å². The Kier molecular flexibility index (Phi) is 5.16. The van der Waals surface area contributed by atoms with Gasteiger partial charge >= 0.3 is 0 Å². The number of nitrogens with one attached hydrogen (secondary N) is 1. The van der Waals surface area contributed by atoms with Gasteiger partial charge in [-0.3, -0.25) is 9.69 Å². The van der Waals surface area contributed by atoms with E-state index in [0.717, 1.165) is 0 Å². The molecule has 2 N–H and O–H groups in total. The first kappa shape index (κ1) is 16.6. The van der Waals surface area contributed by atoms with Crippen molar-refractivity contribution in [1.29, 1.82) is 0 Å². The van der Waals surface area contributed by atoms with Crippen LogP contribution < -0.4 is 5.32 Å². The van der Waals surface area contributed by atoms with E-state index in [1.165, 1.54) is 6.07 Å². The summed E-state index contributed by atoms with van der Waals surface area (Å²) in [4.78, 5) is 16.3. The fraction of sp³-hybridized carbons (Fsp3) is 0.562. The zero-order chi connectivity index (χ0) is 16.4. The van der Waals surface area contributed by atoms with Crippen molar-refractivity contribution in [2.24, 2.45) is 0 Å². The van der Waals surface area contributed by atoms with Gasteiger partial charge in [0.05, 0.1) is 12.1 Å². The fourth-order valence-corrected chi connectivity index (χ4v) is 3.38. The Bertz CT molecular complexity index is 558. The number of benzene rings is 1. The number of nitrogens with zero attached hydrogens (tertiary/aromatic N) is 2. The zero-order valence-electron chi connectivity index (χ0n) is 12.8. The quantitative estimate of drug-likeness (QED) is 0.855. The molecule has 23 heavy (non-hydrogen) atoms. The molecule has 0 bridgehead atoms. The monoisotopic (exact) mass is 341 g/mol. The molecular weight excluding hydrogens is 321 g/mol. The van der Waals surface area contributed by atoms with E-state index < -0.39 is 6.10 Å². The second-order valence-corrected chi connectivity index (χ2v) is 6.56. The summed E-state index contributed by atoms with van der Waals surface area (Å²) in [6.07, 6.45) is 0.0394. The van der Waals surface area contributed by atoms with Crippen molar-refractivity contribution in [3.05, 3.63) is 34.6 Å². The minimum absolute atomic E-state index is 0.0464. The zero-order valence-corrected chi connectivity index (χ0v) is 13.6. The average molecular weight is 342 g/mol. The lowest BCUT2D eigenvalue weighted by atomic mass is 10.1. The first-order chi connectivity index (χ1) is 11.0. The molecule has 1 aromatic rings. The number of aliphatic hydroxyl groups excluding tert-OH is 1. The van der Waals surface area contributed by atoms with Crippen LogP contribution in [-0.4, -0.2) is 65.7 Å². The van der Waals surface area contributed by atoms with Crippen molar-refractivity contribution in [1.82, 2.24) is 15.1 Å². The summed E-state index contributed by atoms with van der Waals surface area (Å²) >= 11 is 6.06. The summed E-state index contributed by atoms with van der Waals surface area (Å²) in [7, 11) is 0. The smallest absolute Gasteiger partial charge is 0.239 e. The van der Waals surface area contributed by atoms with Crippen molar-refractivity contribution >= 4 is 17.5 Å². The van der Waals surface area contributed by atoms with Crippen molar-refractivity contribution in [3.63, 3.8) is 0 Å². The van der Waals surface area contributed by atoms with Crippen molar-refractivity contribution in [2.45, 2.75) is 25.1 Å². The number of hydrogen-bond acceptors (Lipinski definition) is 4. The highest BCUT2D eigenvalue weighted by Crippen LogP contribution is 2.21. The lowest BCUT2D eigenvalue weighted by Gasteiger charge is -2.36. The number of carbonyl (C=O) groups excluding carboxylic acids is 1. The molecule has 0 saturated carbocycles. The number of piperazine rings is 1. The van der Waals surface area contributed by atoms with E-state index in [2.05, 4.69) is 10.2 Å². The van der Waals surface area contributed by atoms with Crippen LogP contribution in [0.15, 0.2) is 18.2 Å². The van der Waals surface area contributed by atoms with Crippen LogP contribution in [0.1, 0.15) is 12.0 Å². The molecule has 2 aliphatic heterocycles. The molecule has 2 heterocycles. The normalized spacial score (nSPS) is 25.8. The van der Waals surface area contributed by atoms with Gasteiger partial charge in [-0.15, -0.1) is 0 Å². The molecule has 2 unspecified atom stereocenters. The van der Waals surface area contributed by atoms with E-state index >= 15 is 0 Å². The molecule has 2 aliphatic rings. The Morgan fingerprint density at radius 3 is 2.70 bits per heavy atom. The van der Waals surface area contributed by atoms with Crippen LogP contribution in [0.3, 0.4) is 0 Å². The van der Waals surface area contributed by atoms with E-state index in [4.69, 9.17) is 11.6 Å². The van der Waals surface area contributed by atoms with Crippen LogP contribution in [0, 0.1) is 5.82 Å². The minimum Gasteiger partial charge on any atom is -0.392 e. The molecule has 0 aromatic heterocycles. The first-order valence-corrected chi connectivity index (χ1v) is 8.28. The molecule has 2 atom stereocenters. The standard InChI is InChI=1S/C16H21ClFN3O2/c17-13-2-1-3-14(18)12(13)10-20-4-6-21(7-5-20)16(23)15-8-11(22)9-19-15/h1-3,11,15,19,22H,4-10H2. The molecule has 1 aromatic carbocycles. The third-order valence-electron chi connectivity index (χ3n) is 4.53. The molecule has 0 radical (unpaired) electrons. The second kappa shape index (κ2) is 7.13. The van der Waals surface area contributed by atoms with Gasteiger partial charge in [0.15, 0.2) is 0 Å². The highest BCUT2D eigenvalue weighted by Gasteiger charge is 2.32. The molecule has 7 heteroatoms. The lowest BCUT2D eigenvalue weighted by Crippen LogP contribution is -2.52. The Morgan fingerprint density at radius 1 is 1.35 bits per heavy atom. The second-order valence-electron chi connectivity index (χ2n) is 6.15. The van der Waals surface area contributed by atoms with Crippen molar-refractivity contribution in [3.8, 4) is 0 Å². The number of rotatable bonds is 3. The van der Waals surface area contributed by atoms with Crippen LogP contribution in [0.4, 0.5) is 4.39 Å². The van der Waals surface area contributed by atoms with Crippen LogP contribution >= 0.6 is 11.6 Å². The Labute approximate surface area is 140 Å². The van der Waals surface area contributed by atoms with E-state index in [-0.39, 0.29) is 17.8 Å². The summed E-state index contributed by atoms with van der Waals surface area (Å²) < 4.78 is 13.8. The lowest BCUT2D eigenvalue weighted by molar-refractivity contribution is -0.135. The maximum Gasteiger partial charge on any atom is 0.239 e. The maximum atomic E-state index is 13.8. The third kappa shape index (κ3) is 3.83. The van der Waals surface area contributed by atoms with Crippen LogP contribution in [-0.2, 0) is 11.3 Å². The molecule has 5 nitrogen and oxygen atoms in total. The van der Waals surface area contributed by atoms with Gasteiger partial charge in [-0.05, 0) is 18.6 Å². The Balaban J connectivity index is 1.53. The molecule has 0 spiro atoms. The first-order valence-electron chi connectivity index (χ1n) is 7.90. The van der Waals surface area contributed by atoms with Gasteiger partial charge in [0.2, 0.25) is 5.91 Å². The van der Waals surface area contributed by atoms with Gasteiger partial charge in [-0.1, -0.05) is 17.7 Å². The van der Waals surface area contributed by atoms with E-state index in [1.807, 2.05) is 4.90 Å². The van der Waals surface area contributed by atoms with Gasteiger partial charge in [-0.2, -0.15) is 0 Å². The van der Waals surface area contributed by atoms with Crippen LogP contribution in [0.25, 0.3) is 0 Å². The third-order valence-corrected chi connectivity index (χ3v) is 4.89. The summed E-state index contributed by atoms with van der Waals surface area (Å²) in [6.45, 7) is 3.52. The number of hydrogen-bond donors (Lipinski definition) is 2. The summed E-state index contributed by atoms with van der Waals surface area (Å²) in [6, 6.07) is 4.42. The number of amides is 1. The highest BCUT2D eigenvalue weighted by molar-refractivity contribution is 6.31. The van der Waals surface area contributed by atoms with Crippen LogP contribution in [0.2, 0.25) is 5.02 Å². The van der Waals surface area contributed by atoms with Gasteiger partial charge in [0, 0.05) is 49.9 Å². The Morgan fingerprint density at radius 2 is 2.09 bits per heavy atom. The molecule has 2 saturated heterocycles. The predicted octanol–water partition coefficient (Wildman–Crippen LogP) is 0.846. The van der Waals surface area contributed by atoms with Gasteiger partial charge in [-0.25, -0.2) is 4.39 Å². The van der Waals surface area contributed by atoms with Gasteiger partial charge < -0.3 is 15.3 Å². The molecule has 2 fully saturated rings. The van der Waals surface area contributed by atoms with Crippen LogP contribution in [0.5, 0.6) is 0 Å².